The van der Waals surface area contributed by atoms with Crippen molar-refractivity contribution in [1.82, 2.24) is 4.90 Å². The lowest BCUT2D eigenvalue weighted by Crippen LogP contribution is -2.40. The number of hydrogen-bond acceptors (Lipinski definition) is 4. The van der Waals surface area contributed by atoms with E-state index in [4.69, 9.17) is 9.47 Å². The summed E-state index contributed by atoms with van der Waals surface area (Å²) in [6.45, 7) is 5.76. The molecule has 2 heterocycles. The molecule has 0 aromatic rings. The first-order chi connectivity index (χ1) is 7.35. The smallest absolute Gasteiger partial charge is 0.129 e. The van der Waals surface area contributed by atoms with Gasteiger partial charge in [0.15, 0.2) is 0 Å². The zero-order valence-electron chi connectivity index (χ0n) is 9.11. The van der Waals surface area contributed by atoms with E-state index in [9.17, 15) is 4.79 Å². The molecule has 0 radical (unpaired) electrons. The van der Waals surface area contributed by atoms with Gasteiger partial charge >= 0.3 is 0 Å². The quantitative estimate of drug-likeness (QED) is 0.633. The van der Waals surface area contributed by atoms with E-state index in [-0.39, 0.29) is 5.41 Å². The maximum Gasteiger partial charge on any atom is 0.129 e. The van der Waals surface area contributed by atoms with Gasteiger partial charge < -0.3 is 14.3 Å². The standard InChI is InChI=1S/C11H19NO3/c13-9-11(2-6-15-10-11)8-12-3-1-5-14-7-4-12/h9H,1-8,10H2. The Kier molecular flexibility index (Phi) is 3.72. The number of hydrogen-bond donors (Lipinski definition) is 0. The first kappa shape index (κ1) is 11.0. The molecule has 0 bridgehead atoms. The topological polar surface area (TPSA) is 38.8 Å². The average molecular weight is 213 g/mol. The molecule has 86 valence electrons. The van der Waals surface area contributed by atoms with Gasteiger partial charge in [0, 0.05) is 32.8 Å². The summed E-state index contributed by atoms with van der Waals surface area (Å²) in [7, 11) is 0. The third-order valence-corrected chi connectivity index (χ3v) is 3.24. The van der Waals surface area contributed by atoms with Crippen LogP contribution in [0.5, 0.6) is 0 Å². The molecule has 1 atom stereocenters. The van der Waals surface area contributed by atoms with Gasteiger partial charge in [0.2, 0.25) is 0 Å². The molecule has 2 saturated heterocycles. The first-order valence-electron chi connectivity index (χ1n) is 5.69. The molecule has 15 heavy (non-hydrogen) atoms. The van der Waals surface area contributed by atoms with Crippen molar-refractivity contribution in [3.63, 3.8) is 0 Å². The summed E-state index contributed by atoms with van der Waals surface area (Å²) in [5, 5.41) is 0. The van der Waals surface area contributed by atoms with Gasteiger partial charge in [-0.15, -0.1) is 0 Å². The Bertz CT molecular complexity index is 206. The predicted octanol–water partition coefficient (Wildman–Crippen LogP) is 0.314. The molecular weight excluding hydrogens is 194 g/mol. The SMILES string of the molecule is O=CC1(CN2CCCOCC2)CCOC1. The summed E-state index contributed by atoms with van der Waals surface area (Å²) in [4.78, 5) is 13.5. The molecule has 2 rings (SSSR count). The Morgan fingerprint density at radius 2 is 2.13 bits per heavy atom. The lowest BCUT2D eigenvalue weighted by molar-refractivity contribution is -0.117. The Hall–Kier alpha value is -0.450. The monoisotopic (exact) mass is 213 g/mol. The molecular formula is C11H19NO3. The highest BCUT2D eigenvalue weighted by Gasteiger charge is 2.36. The minimum atomic E-state index is -0.246. The second-order valence-electron chi connectivity index (χ2n) is 4.52. The molecule has 0 saturated carbocycles. The number of ether oxygens (including phenoxy) is 2. The molecule has 1 unspecified atom stereocenters. The van der Waals surface area contributed by atoms with Crippen molar-refractivity contribution in [1.29, 1.82) is 0 Å². The van der Waals surface area contributed by atoms with Gasteiger partial charge in [-0.2, -0.15) is 0 Å². The lowest BCUT2D eigenvalue weighted by Gasteiger charge is -2.28. The zero-order valence-corrected chi connectivity index (χ0v) is 9.11. The lowest BCUT2D eigenvalue weighted by atomic mass is 9.88. The van der Waals surface area contributed by atoms with Crippen LogP contribution in [0.4, 0.5) is 0 Å². The van der Waals surface area contributed by atoms with Crippen molar-refractivity contribution >= 4 is 6.29 Å². The molecule has 2 fully saturated rings. The molecule has 0 aliphatic carbocycles. The summed E-state index contributed by atoms with van der Waals surface area (Å²) >= 11 is 0. The number of nitrogens with zero attached hydrogens (tertiary/aromatic N) is 1. The van der Waals surface area contributed by atoms with Gasteiger partial charge in [-0.3, -0.25) is 4.90 Å². The van der Waals surface area contributed by atoms with Crippen LogP contribution in [0.25, 0.3) is 0 Å². The highest BCUT2D eigenvalue weighted by molar-refractivity contribution is 5.60. The van der Waals surface area contributed by atoms with Gasteiger partial charge in [0.1, 0.15) is 6.29 Å². The largest absolute Gasteiger partial charge is 0.380 e. The van der Waals surface area contributed by atoms with Crippen LogP contribution in [0, 0.1) is 5.41 Å². The highest BCUT2D eigenvalue weighted by Crippen LogP contribution is 2.27. The Morgan fingerprint density at radius 3 is 2.87 bits per heavy atom. The average Bonchev–Trinajstić information content (AvgIpc) is 2.57. The summed E-state index contributed by atoms with van der Waals surface area (Å²) in [5.41, 5.74) is -0.246. The van der Waals surface area contributed by atoms with Crippen molar-refractivity contribution in [3.8, 4) is 0 Å². The van der Waals surface area contributed by atoms with E-state index in [1.165, 1.54) is 0 Å². The van der Waals surface area contributed by atoms with Crippen molar-refractivity contribution in [2.24, 2.45) is 5.41 Å². The first-order valence-corrected chi connectivity index (χ1v) is 5.69. The Morgan fingerprint density at radius 1 is 1.20 bits per heavy atom. The Labute approximate surface area is 90.5 Å². The van der Waals surface area contributed by atoms with Crippen molar-refractivity contribution in [2.75, 3.05) is 46.1 Å². The summed E-state index contributed by atoms with van der Waals surface area (Å²) in [6.07, 6.45) is 3.02. The van der Waals surface area contributed by atoms with Gasteiger partial charge in [-0.1, -0.05) is 0 Å². The van der Waals surface area contributed by atoms with Crippen LogP contribution in [0.15, 0.2) is 0 Å². The third-order valence-electron chi connectivity index (χ3n) is 3.24. The minimum Gasteiger partial charge on any atom is -0.380 e. The molecule has 2 aliphatic heterocycles. The maximum atomic E-state index is 11.2. The van der Waals surface area contributed by atoms with Crippen LogP contribution < -0.4 is 0 Å². The molecule has 0 N–H and O–H groups in total. The van der Waals surface area contributed by atoms with Crippen LogP contribution in [-0.2, 0) is 14.3 Å². The summed E-state index contributed by atoms with van der Waals surface area (Å²) < 4.78 is 10.7. The molecule has 0 spiro atoms. The van der Waals surface area contributed by atoms with Crippen LogP contribution in [0.3, 0.4) is 0 Å². The van der Waals surface area contributed by atoms with E-state index in [0.29, 0.717) is 6.61 Å². The van der Waals surface area contributed by atoms with Gasteiger partial charge in [0.25, 0.3) is 0 Å². The number of carbonyl (C=O) groups excluding carboxylic acids is 1. The predicted molar refractivity (Wildman–Crippen MR) is 55.8 cm³/mol. The van der Waals surface area contributed by atoms with E-state index in [0.717, 1.165) is 58.6 Å². The van der Waals surface area contributed by atoms with Crippen LogP contribution >= 0.6 is 0 Å². The van der Waals surface area contributed by atoms with E-state index >= 15 is 0 Å². The van der Waals surface area contributed by atoms with Crippen molar-refractivity contribution < 1.29 is 14.3 Å². The van der Waals surface area contributed by atoms with E-state index in [2.05, 4.69) is 4.90 Å². The second-order valence-corrected chi connectivity index (χ2v) is 4.52. The summed E-state index contributed by atoms with van der Waals surface area (Å²) in [6, 6.07) is 0. The van der Waals surface area contributed by atoms with Gasteiger partial charge in [0.05, 0.1) is 18.6 Å². The maximum absolute atomic E-state index is 11.2. The zero-order chi connectivity index (χ0) is 10.6. The van der Waals surface area contributed by atoms with Crippen LogP contribution in [-0.4, -0.2) is 57.2 Å². The van der Waals surface area contributed by atoms with Crippen molar-refractivity contribution in [3.05, 3.63) is 0 Å². The number of carbonyl (C=O) groups is 1. The normalized spacial score (nSPS) is 33.9. The van der Waals surface area contributed by atoms with E-state index in [1.807, 2.05) is 0 Å². The van der Waals surface area contributed by atoms with E-state index in [1.54, 1.807) is 0 Å². The molecule has 2 aliphatic rings. The Balaban J connectivity index is 1.90. The van der Waals surface area contributed by atoms with Crippen molar-refractivity contribution in [2.45, 2.75) is 12.8 Å². The molecule has 4 heteroatoms. The molecule has 0 amide bonds. The van der Waals surface area contributed by atoms with Gasteiger partial charge in [-0.05, 0) is 12.8 Å². The number of aldehydes is 1. The third kappa shape index (κ3) is 2.77. The molecule has 0 aromatic carbocycles. The highest BCUT2D eigenvalue weighted by atomic mass is 16.5. The minimum absolute atomic E-state index is 0.246. The summed E-state index contributed by atoms with van der Waals surface area (Å²) in [5.74, 6) is 0. The van der Waals surface area contributed by atoms with Crippen LogP contribution in [0.2, 0.25) is 0 Å². The van der Waals surface area contributed by atoms with Gasteiger partial charge in [-0.25, -0.2) is 0 Å². The second kappa shape index (κ2) is 5.05. The number of rotatable bonds is 3. The fraction of sp³-hybridized carbons (Fsp3) is 0.909. The molecule has 4 nitrogen and oxygen atoms in total. The van der Waals surface area contributed by atoms with E-state index < -0.39 is 0 Å². The molecule has 0 aromatic heterocycles. The fourth-order valence-corrected chi connectivity index (χ4v) is 2.28. The fourth-order valence-electron chi connectivity index (χ4n) is 2.28. The van der Waals surface area contributed by atoms with Crippen LogP contribution in [0.1, 0.15) is 12.8 Å².